The molecule has 0 fully saturated rings. The Kier molecular flexibility index (Phi) is 3.75. The third-order valence-electron chi connectivity index (χ3n) is 2.67. The monoisotopic (exact) mass is 272 g/mol. The van der Waals surface area contributed by atoms with Crippen LogP contribution in [-0.4, -0.2) is 22.8 Å². The number of carboxylic acids is 1. The average Bonchev–Trinajstić information content (AvgIpc) is 2.27. The van der Waals surface area contributed by atoms with Gasteiger partial charge in [-0.1, -0.05) is 6.07 Å². The van der Waals surface area contributed by atoms with E-state index in [0.29, 0.717) is 12.5 Å². The van der Waals surface area contributed by atoms with Crippen molar-refractivity contribution >= 4 is 11.7 Å². The number of benzene rings is 1. The molecular weight excluding hydrogens is 261 g/mol. The van der Waals surface area contributed by atoms with Crippen LogP contribution in [0, 0.1) is 18.3 Å². The van der Waals surface area contributed by atoms with Crippen LogP contribution in [0.1, 0.15) is 18.1 Å². The molecule has 0 saturated carbocycles. The highest BCUT2D eigenvalue weighted by Crippen LogP contribution is 2.34. The van der Waals surface area contributed by atoms with Gasteiger partial charge in [0.05, 0.1) is 11.3 Å². The number of anilines is 1. The van der Waals surface area contributed by atoms with Crippen molar-refractivity contribution in [2.45, 2.75) is 25.6 Å². The number of carbonyl (C=O) groups is 1. The van der Waals surface area contributed by atoms with E-state index in [1.54, 1.807) is 19.1 Å². The van der Waals surface area contributed by atoms with Gasteiger partial charge in [-0.25, -0.2) is 4.79 Å². The van der Waals surface area contributed by atoms with E-state index in [-0.39, 0.29) is 11.3 Å². The van der Waals surface area contributed by atoms with Crippen molar-refractivity contribution in [1.82, 2.24) is 0 Å². The fraction of sp³-hybridized carbons (Fsp3) is 0.333. The first kappa shape index (κ1) is 14.8. The summed E-state index contributed by atoms with van der Waals surface area (Å²) in [4.78, 5) is 10.9. The third kappa shape index (κ3) is 2.78. The largest absolute Gasteiger partial charge is 0.479 e. The van der Waals surface area contributed by atoms with E-state index in [4.69, 9.17) is 10.4 Å². The Hall–Kier alpha value is -2.23. The maximum absolute atomic E-state index is 12.9. The predicted molar refractivity (Wildman–Crippen MR) is 61.6 cm³/mol. The normalized spacial score (nSPS) is 14.3. The predicted octanol–water partition coefficient (Wildman–Crippen LogP) is 2.68. The highest BCUT2D eigenvalue weighted by molar-refractivity contribution is 5.84. The van der Waals surface area contributed by atoms with Crippen LogP contribution in [0.5, 0.6) is 0 Å². The van der Waals surface area contributed by atoms with Crippen LogP contribution in [-0.2, 0) is 4.79 Å². The van der Waals surface area contributed by atoms with E-state index in [2.05, 4.69) is 0 Å². The summed E-state index contributed by atoms with van der Waals surface area (Å²) in [5.41, 5.74) is -2.77. The van der Waals surface area contributed by atoms with Crippen LogP contribution < -0.4 is 5.32 Å². The van der Waals surface area contributed by atoms with Gasteiger partial charge in [0.15, 0.2) is 0 Å². The molecule has 102 valence electrons. The number of alkyl halides is 3. The molecule has 4 nitrogen and oxygen atoms in total. The Morgan fingerprint density at radius 1 is 1.42 bits per heavy atom. The van der Waals surface area contributed by atoms with Gasteiger partial charge in [-0.05, 0) is 31.5 Å². The highest BCUT2D eigenvalue weighted by Gasteiger charge is 2.57. The first-order valence-corrected chi connectivity index (χ1v) is 5.21. The van der Waals surface area contributed by atoms with Crippen LogP contribution in [0.25, 0.3) is 0 Å². The van der Waals surface area contributed by atoms with Gasteiger partial charge in [-0.2, -0.15) is 18.4 Å². The summed E-state index contributed by atoms with van der Waals surface area (Å²) in [5, 5.41) is 19.5. The number of hydrogen-bond acceptors (Lipinski definition) is 3. The molecule has 0 bridgehead atoms. The van der Waals surface area contributed by atoms with Crippen molar-refractivity contribution in [3.8, 4) is 6.07 Å². The second-order valence-electron chi connectivity index (χ2n) is 4.21. The Bertz CT molecular complexity index is 549. The highest BCUT2D eigenvalue weighted by atomic mass is 19.4. The van der Waals surface area contributed by atoms with Gasteiger partial charge in [0.1, 0.15) is 6.07 Å². The molecule has 7 heteroatoms. The van der Waals surface area contributed by atoms with E-state index < -0.39 is 17.7 Å². The topological polar surface area (TPSA) is 73.1 Å². The maximum atomic E-state index is 12.9. The minimum absolute atomic E-state index is 0.0534. The van der Waals surface area contributed by atoms with E-state index in [1.165, 1.54) is 12.1 Å². The molecule has 0 spiro atoms. The molecular formula is C12H11F3N2O2. The summed E-state index contributed by atoms with van der Waals surface area (Å²) >= 11 is 0. The number of rotatable bonds is 3. The summed E-state index contributed by atoms with van der Waals surface area (Å²) in [6, 6.07) is 5.89. The van der Waals surface area contributed by atoms with Crippen molar-refractivity contribution in [3.63, 3.8) is 0 Å². The molecule has 0 aliphatic rings. The summed E-state index contributed by atoms with van der Waals surface area (Å²) in [5.74, 6) is -2.06. The Balaban J connectivity index is 3.30. The number of nitrogens with one attached hydrogen (secondary N) is 1. The molecule has 1 aromatic rings. The van der Waals surface area contributed by atoms with Crippen LogP contribution in [0.15, 0.2) is 18.2 Å². The number of aliphatic carboxylic acids is 1. The lowest BCUT2D eigenvalue weighted by Gasteiger charge is -2.30. The lowest BCUT2D eigenvalue weighted by atomic mass is 10.00. The molecule has 0 aliphatic carbocycles. The Labute approximate surface area is 107 Å². The zero-order valence-electron chi connectivity index (χ0n) is 10.2. The molecule has 0 aliphatic heterocycles. The second kappa shape index (κ2) is 4.80. The summed E-state index contributed by atoms with van der Waals surface area (Å²) in [6.07, 6.45) is -5.00. The van der Waals surface area contributed by atoms with Gasteiger partial charge in [-0.15, -0.1) is 0 Å². The standard InChI is InChI=1S/C12H11F3N2O2/c1-7-3-4-8(6-16)9(5-7)17-11(2,10(18)19)12(13,14)15/h3-5,17H,1-2H3,(H,18,19). The van der Waals surface area contributed by atoms with Crippen molar-refractivity contribution in [1.29, 1.82) is 5.26 Å². The number of hydrogen-bond donors (Lipinski definition) is 2. The zero-order chi connectivity index (χ0) is 14.8. The molecule has 0 heterocycles. The van der Waals surface area contributed by atoms with Crippen LogP contribution in [0.2, 0.25) is 0 Å². The molecule has 0 amide bonds. The molecule has 1 rings (SSSR count). The SMILES string of the molecule is Cc1ccc(C#N)c(NC(C)(C(=O)O)C(F)(F)F)c1. The summed E-state index contributed by atoms with van der Waals surface area (Å²) in [6.45, 7) is 2.14. The van der Waals surface area contributed by atoms with Crippen molar-refractivity contribution in [3.05, 3.63) is 29.3 Å². The van der Waals surface area contributed by atoms with E-state index >= 15 is 0 Å². The molecule has 0 radical (unpaired) electrons. The molecule has 1 unspecified atom stereocenters. The summed E-state index contributed by atoms with van der Waals surface area (Å²) in [7, 11) is 0. The Morgan fingerprint density at radius 2 is 2.00 bits per heavy atom. The Morgan fingerprint density at radius 3 is 2.42 bits per heavy atom. The van der Waals surface area contributed by atoms with Crippen molar-refractivity contribution in [2.24, 2.45) is 0 Å². The fourth-order valence-electron chi connectivity index (χ4n) is 1.37. The molecule has 1 aromatic carbocycles. The van der Waals surface area contributed by atoms with Gasteiger partial charge in [0.2, 0.25) is 5.54 Å². The third-order valence-corrected chi connectivity index (χ3v) is 2.67. The fourth-order valence-corrected chi connectivity index (χ4v) is 1.37. The first-order valence-electron chi connectivity index (χ1n) is 5.21. The van der Waals surface area contributed by atoms with E-state index in [9.17, 15) is 18.0 Å². The van der Waals surface area contributed by atoms with Crippen LogP contribution in [0.4, 0.5) is 18.9 Å². The average molecular weight is 272 g/mol. The minimum atomic E-state index is -5.00. The number of carboxylic acid groups (broad SMARTS) is 1. The van der Waals surface area contributed by atoms with Gasteiger partial charge in [0.25, 0.3) is 0 Å². The number of halogens is 3. The lowest BCUT2D eigenvalue weighted by molar-refractivity contribution is -0.192. The number of nitrogens with zero attached hydrogens (tertiary/aromatic N) is 1. The second-order valence-corrected chi connectivity index (χ2v) is 4.21. The first-order chi connectivity index (χ1) is 8.61. The smallest absolute Gasteiger partial charge is 0.422 e. The summed E-state index contributed by atoms with van der Waals surface area (Å²) < 4.78 is 38.6. The molecule has 2 N–H and O–H groups in total. The van der Waals surface area contributed by atoms with E-state index in [0.717, 1.165) is 0 Å². The number of aryl methyl sites for hydroxylation is 1. The van der Waals surface area contributed by atoms with Crippen molar-refractivity contribution < 1.29 is 23.1 Å². The molecule has 19 heavy (non-hydrogen) atoms. The zero-order valence-corrected chi connectivity index (χ0v) is 10.2. The molecule has 0 saturated heterocycles. The van der Waals surface area contributed by atoms with Gasteiger partial charge in [0, 0.05) is 0 Å². The lowest BCUT2D eigenvalue weighted by Crippen LogP contribution is -2.55. The van der Waals surface area contributed by atoms with Gasteiger partial charge < -0.3 is 10.4 Å². The minimum Gasteiger partial charge on any atom is -0.479 e. The number of nitriles is 1. The van der Waals surface area contributed by atoms with Gasteiger partial charge in [-0.3, -0.25) is 0 Å². The van der Waals surface area contributed by atoms with Crippen LogP contribution >= 0.6 is 0 Å². The molecule has 1 atom stereocenters. The molecule has 0 aromatic heterocycles. The van der Waals surface area contributed by atoms with Crippen LogP contribution in [0.3, 0.4) is 0 Å². The van der Waals surface area contributed by atoms with E-state index in [1.807, 2.05) is 5.32 Å². The van der Waals surface area contributed by atoms with Crippen molar-refractivity contribution in [2.75, 3.05) is 5.32 Å². The van der Waals surface area contributed by atoms with Gasteiger partial charge >= 0.3 is 12.1 Å². The quantitative estimate of drug-likeness (QED) is 0.887. The maximum Gasteiger partial charge on any atom is 0.422 e.